The monoisotopic (exact) mass is 515 g/mol. The van der Waals surface area contributed by atoms with E-state index in [1.54, 1.807) is 0 Å². The summed E-state index contributed by atoms with van der Waals surface area (Å²) in [5.41, 5.74) is -2.28. The van der Waals surface area contributed by atoms with Gasteiger partial charge < -0.3 is 9.05 Å². The van der Waals surface area contributed by atoms with Crippen molar-refractivity contribution in [2.75, 3.05) is 0 Å². The Bertz CT molecular complexity index is 655. The molecular weight excluding hydrogens is 513 g/mol. The molecule has 174 valence electrons. The molecule has 20 heteroatoms. The highest BCUT2D eigenvalue weighted by Gasteiger charge is 2.62. The summed E-state index contributed by atoms with van der Waals surface area (Å²) >= 11 is 0. The summed E-state index contributed by atoms with van der Waals surface area (Å²) in [6.45, 7) is 0. The summed E-state index contributed by atoms with van der Waals surface area (Å²) < 4.78 is 195. The van der Waals surface area contributed by atoms with Crippen LogP contribution in [0.5, 0.6) is 11.8 Å². The third kappa shape index (κ3) is 7.36. The molecular formula is C10H2F15NO2P2. The van der Waals surface area contributed by atoms with E-state index in [1.165, 1.54) is 0 Å². The van der Waals surface area contributed by atoms with Gasteiger partial charge in [-0.05, 0) is 0 Å². The Labute approximate surface area is 156 Å². The Morgan fingerprint density at radius 3 is 1.00 bits per heavy atom. The smallest absolute Gasteiger partial charge is 0.439 e. The standard InChI is InChI=1S/C10H2F15NO2P2/c11-6(12,13)3-1-4(27-29(7(14,15)16)8(17,18)19)26-5(2-3)28-30(9(20,21)22)10(23,24)25/h1-2H. The van der Waals surface area contributed by atoms with Crippen LogP contribution in [0.2, 0.25) is 0 Å². The van der Waals surface area contributed by atoms with Gasteiger partial charge in [-0.2, -0.15) is 70.8 Å². The fourth-order valence-electron chi connectivity index (χ4n) is 1.42. The van der Waals surface area contributed by atoms with Crippen molar-refractivity contribution >= 4 is 16.3 Å². The fraction of sp³-hybridized carbons (Fsp3) is 0.500. The lowest BCUT2D eigenvalue weighted by Crippen LogP contribution is -2.23. The topological polar surface area (TPSA) is 31.4 Å². The van der Waals surface area contributed by atoms with Crippen molar-refractivity contribution < 1.29 is 74.9 Å². The highest BCUT2D eigenvalue weighted by Crippen LogP contribution is 2.66. The number of rotatable bonds is 4. The molecule has 0 spiro atoms. The van der Waals surface area contributed by atoms with Crippen molar-refractivity contribution in [1.29, 1.82) is 0 Å². The molecule has 0 aromatic carbocycles. The van der Waals surface area contributed by atoms with E-state index >= 15 is 0 Å². The van der Waals surface area contributed by atoms with Crippen LogP contribution in [0.15, 0.2) is 12.1 Å². The van der Waals surface area contributed by atoms with Crippen LogP contribution in [0.1, 0.15) is 5.56 Å². The van der Waals surface area contributed by atoms with Crippen molar-refractivity contribution in [2.24, 2.45) is 0 Å². The van der Waals surface area contributed by atoms with E-state index in [9.17, 15) is 65.9 Å². The molecule has 0 saturated heterocycles. The zero-order valence-electron chi connectivity index (χ0n) is 13.0. The first kappa shape index (κ1) is 26.6. The van der Waals surface area contributed by atoms with Gasteiger partial charge in [0.25, 0.3) is 0 Å². The van der Waals surface area contributed by atoms with Gasteiger partial charge in [0, 0.05) is 12.1 Å². The second-order valence-electron chi connectivity index (χ2n) is 4.67. The van der Waals surface area contributed by atoms with Gasteiger partial charge in [0.1, 0.15) is 0 Å². The number of pyridine rings is 1. The van der Waals surface area contributed by atoms with Crippen LogP contribution < -0.4 is 9.05 Å². The number of hydrogen-bond donors (Lipinski definition) is 0. The molecule has 0 aliphatic rings. The zero-order chi connectivity index (χ0) is 23.9. The van der Waals surface area contributed by atoms with Crippen molar-refractivity contribution in [3.63, 3.8) is 0 Å². The average molecular weight is 515 g/mol. The summed E-state index contributed by atoms with van der Waals surface area (Å²) in [5.74, 6) is -29.3. The van der Waals surface area contributed by atoms with E-state index < -0.39 is 75.6 Å². The van der Waals surface area contributed by atoms with Gasteiger partial charge >= 0.3 is 46.1 Å². The number of hydrogen-bond acceptors (Lipinski definition) is 3. The number of alkyl halides is 15. The average Bonchev–Trinajstić information content (AvgIpc) is 2.44. The first-order valence-electron chi connectivity index (χ1n) is 6.35. The predicted molar refractivity (Wildman–Crippen MR) is 68.6 cm³/mol. The van der Waals surface area contributed by atoms with Crippen LogP contribution in [-0.4, -0.2) is 28.7 Å². The van der Waals surface area contributed by atoms with E-state index in [-0.39, 0.29) is 0 Å². The molecule has 0 amide bonds. The summed E-state index contributed by atoms with van der Waals surface area (Å²) in [6, 6.07) is -1.16. The molecule has 1 aromatic heterocycles. The molecule has 0 bridgehead atoms. The predicted octanol–water partition coefficient (Wildman–Crippen LogP) is 7.73. The Kier molecular flexibility index (Phi) is 7.31. The van der Waals surface area contributed by atoms with Gasteiger partial charge in [-0.25, -0.2) is 0 Å². The van der Waals surface area contributed by atoms with Crippen molar-refractivity contribution in [1.82, 2.24) is 4.98 Å². The Morgan fingerprint density at radius 1 is 0.533 bits per heavy atom. The van der Waals surface area contributed by atoms with Crippen LogP contribution in [0.4, 0.5) is 65.9 Å². The summed E-state index contributed by atoms with van der Waals surface area (Å²) in [5, 5.41) is 0. The second-order valence-corrected chi connectivity index (χ2v) is 8.24. The number of halogens is 15. The quantitative estimate of drug-likeness (QED) is 0.304. The molecule has 0 atom stereocenters. The minimum atomic E-state index is -6.21. The molecule has 1 aromatic rings. The van der Waals surface area contributed by atoms with Crippen molar-refractivity contribution in [3.05, 3.63) is 17.7 Å². The third-order valence-electron chi connectivity index (χ3n) is 2.40. The van der Waals surface area contributed by atoms with Gasteiger partial charge in [0.15, 0.2) is 0 Å². The van der Waals surface area contributed by atoms with Crippen molar-refractivity contribution in [3.8, 4) is 11.8 Å². The van der Waals surface area contributed by atoms with E-state index in [2.05, 4.69) is 14.0 Å². The minimum absolute atomic E-state index is 0.580. The van der Waals surface area contributed by atoms with E-state index in [4.69, 9.17) is 0 Å². The summed E-state index contributed by atoms with van der Waals surface area (Å²) in [7, 11) is -11.1. The third-order valence-corrected chi connectivity index (χ3v) is 4.98. The second kappa shape index (κ2) is 8.24. The van der Waals surface area contributed by atoms with Gasteiger partial charge in [-0.3, -0.25) is 0 Å². The molecule has 0 saturated carbocycles. The zero-order valence-corrected chi connectivity index (χ0v) is 14.8. The normalized spacial score (nSPS) is 14.4. The van der Waals surface area contributed by atoms with Crippen LogP contribution in [-0.2, 0) is 6.18 Å². The summed E-state index contributed by atoms with van der Waals surface area (Å²) in [4.78, 5) is 2.37. The molecule has 30 heavy (non-hydrogen) atoms. The van der Waals surface area contributed by atoms with Crippen LogP contribution in [0, 0.1) is 0 Å². The maximum Gasteiger partial charge on any atom is 0.451 e. The minimum Gasteiger partial charge on any atom is -0.439 e. The maximum absolute atomic E-state index is 12.7. The van der Waals surface area contributed by atoms with E-state index in [1.807, 2.05) is 0 Å². The molecule has 1 rings (SSSR count). The van der Waals surface area contributed by atoms with E-state index in [0.29, 0.717) is 0 Å². The van der Waals surface area contributed by atoms with Gasteiger partial charge in [-0.15, -0.1) is 0 Å². The lowest BCUT2D eigenvalue weighted by molar-refractivity contribution is -0.137. The lowest BCUT2D eigenvalue weighted by Gasteiger charge is -2.24. The highest BCUT2D eigenvalue weighted by molar-refractivity contribution is 7.55. The van der Waals surface area contributed by atoms with Gasteiger partial charge in [-0.1, -0.05) is 0 Å². The van der Waals surface area contributed by atoms with Crippen LogP contribution >= 0.6 is 16.3 Å². The molecule has 0 fully saturated rings. The Hall–Kier alpha value is -1.44. The van der Waals surface area contributed by atoms with Gasteiger partial charge in [0.05, 0.1) is 5.56 Å². The first-order chi connectivity index (χ1) is 13.0. The largest absolute Gasteiger partial charge is 0.451 e. The van der Waals surface area contributed by atoms with Crippen LogP contribution in [0.3, 0.4) is 0 Å². The Morgan fingerprint density at radius 2 is 0.800 bits per heavy atom. The number of nitrogens with zero attached hydrogens (tertiary/aromatic N) is 1. The molecule has 0 aliphatic heterocycles. The van der Waals surface area contributed by atoms with Gasteiger partial charge in [0.2, 0.25) is 11.8 Å². The number of aromatic nitrogens is 1. The van der Waals surface area contributed by atoms with Crippen molar-refractivity contribution in [2.45, 2.75) is 29.8 Å². The molecule has 1 heterocycles. The fourth-order valence-corrected chi connectivity index (χ4v) is 2.97. The molecule has 3 nitrogen and oxygen atoms in total. The van der Waals surface area contributed by atoms with Crippen LogP contribution in [0.25, 0.3) is 0 Å². The maximum atomic E-state index is 12.7. The van der Waals surface area contributed by atoms with E-state index in [0.717, 1.165) is 0 Å². The SMILES string of the molecule is FC(F)(F)c1cc(OP(C(F)(F)F)C(F)(F)F)nc(OP(C(F)(F)F)C(F)(F)F)c1. The molecule has 0 N–H and O–H groups in total. The molecule has 0 aliphatic carbocycles. The summed E-state index contributed by atoms with van der Waals surface area (Å²) in [6.07, 6.45) is -5.64. The molecule has 0 radical (unpaired) electrons. The first-order valence-corrected chi connectivity index (χ1v) is 8.87. The molecule has 0 unspecified atom stereocenters. The lowest BCUT2D eigenvalue weighted by atomic mass is 10.2. The Balaban J connectivity index is 3.50. The highest BCUT2D eigenvalue weighted by atomic mass is 31.1.